The summed E-state index contributed by atoms with van der Waals surface area (Å²) in [6.07, 6.45) is -1.30. The maximum absolute atomic E-state index is 13.2. The lowest BCUT2D eigenvalue weighted by Gasteiger charge is -2.28. The summed E-state index contributed by atoms with van der Waals surface area (Å²) in [6.45, 7) is 6.06. The SMILES string of the molecule is CCC(C)c1ccc(NC(=O)c2nc3n(n2)C(C(F)F)CC(C)N3)cc1. The normalized spacial score (nSPS) is 20.4. The zero-order valence-corrected chi connectivity index (χ0v) is 15.0. The second-order valence-electron chi connectivity index (χ2n) is 6.77. The van der Waals surface area contributed by atoms with Gasteiger partial charge in [0.1, 0.15) is 6.04 Å². The molecule has 1 amide bonds. The molecule has 140 valence electrons. The molecule has 0 fully saturated rings. The summed E-state index contributed by atoms with van der Waals surface area (Å²) < 4.78 is 27.6. The molecule has 0 saturated heterocycles. The van der Waals surface area contributed by atoms with Gasteiger partial charge in [-0.05, 0) is 43.4 Å². The van der Waals surface area contributed by atoms with Crippen molar-refractivity contribution in [3.8, 4) is 0 Å². The number of carbonyl (C=O) groups excluding carboxylic acids is 1. The average Bonchev–Trinajstić information content (AvgIpc) is 3.04. The van der Waals surface area contributed by atoms with Gasteiger partial charge >= 0.3 is 0 Å². The van der Waals surface area contributed by atoms with Gasteiger partial charge in [-0.15, -0.1) is 5.10 Å². The lowest BCUT2D eigenvalue weighted by molar-refractivity contribution is 0.0662. The minimum Gasteiger partial charge on any atom is -0.352 e. The van der Waals surface area contributed by atoms with Gasteiger partial charge in [-0.3, -0.25) is 4.79 Å². The fourth-order valence-corrected chi connectivity index (χ4v) is 3.02. The molecule has 1 aromatic heterocycles. The molecule has 8 heteroatoms. The molecule has 1 aliphatic rings. The molecule has 6 nitrogen and oxygen atoms in total. The van der Waals surface area contributed by atoms with Crippen molar-refractivity contribution in [2.45, 2.75) is 58.0 Å². The van der Waals surface area contributed by atoms with Gasteiger partial charge in [-0.25, -0.2) is 13.5 Å². The lowest BCUT2D eigenvalue weighted by atomic mass is 9.99. The Hall–Kier alpha value is -2.51. The van der Waals surface area contributed by atoms with Crippen LogP contribution in [0.4, 0.5) is 20.4 Å². The minimum atomic E-state index is -2.57. The topological polar surface area (TPSA) is 71.8 Å². The molecule has 0 aliphatic carbocycles. The third kappa shape index (κ3) is 3.68. The van der Waals surface area contributed by atoms with Gasteiger partial charge in [0, 0.05) is 11.7 Å². The molecule has 0 radical (unpaired) electrons. The molecule has 2 heterocycles. The molecular formula is C18H23F2N5O. The first-order valence-corrected chi connectivity index (χ1v) is 8.81. The highest BCUT2D eigenvalue weighted by molar-refractivity contribution is 6.01. The molecule has 0 bridgehead atoms. The highest BCUT2D eigenvalue weighted by atomic mass is 19.3. The molecule has 1 aromatic carbocycles. The van der Waals surface area contributed by atoms with Crippen LogP contribution in [0.3, 0.4) is 0 Å². The van der Waals surface area contributed by atoms with E-state index in [0.717, 1.165) is 11.1 Å². The molecule has 3 rings (SSSR count). The number of fused-ring (bicyclic) bond motifs is 1. The number of benzene rings is 1. The van der Waals surface area contributed by atoms with E-state index in [1.54, 1.807) is 6.92 Å². The van der Waals surface area contributed by atoms with E-state index in [4.69, 9.17) is 0 Å². The molecule has 0 saturated carbocycles. The number of anilines is 2. The first-order chi connectivity index (χ1) is 12.4. The number of carbonyl (C=O) groups is 1. The lowest BCUT2D eigenvalue weighted by Crippen LogP contribution is -2.33. The summed E-state index contributed by atoms with van der Waals surface area (Å²) in [6, 6.07) is 6.33. The van der Waals surface area contributed by atoms with Crippen molar-refractivity contribution in [3.63, 3.8) is 0 Å². The average molecular weight is 363 g/mol. The Labute approximate surface area is 151 Å². The van der Waals surface area contributed by atoms with Gasteiger partial charge in [0.25, 0.3) is 12.3 Å². The van der Waals surface area contributed by atoms with E-state index in [-0.39, 0.29) is 24.2 Å². The number of hydrogen-bond donors (Lipinski definition) is 2. The molecular weight excluding hydrogens is 340 g/mol. The summed E-state index contributed by atoms with van der Waals surface area (Å²) >= 11 is 0. The Balaban J connectivity index is 1.76. The standard InChI is InChI=1S/C18H23F2N5O/c1-4-10(2)12-5-7-13(8-6-12)22-17(26)16-23-18-21-11(3)9-14(15(19)20)25(18)24-16/h5-8,10-11,14-15H,4,9H2,1-3H3,(H,22,26)(H,21,23,24). The predicted molar refractivity (Wildman–Crippen MR) is 95.9 cm³/mol. The molecule has 3 atom stereocenters. The Kier molecular flexibility index (Phi) is 5.20. The zero-order chi connectivity index (χ0) is 18.8. The van der Waals surface area contributed by atoms with Crippen molar-refractivity contribution in [1.82, 2.24) is 14.8 Å². The van der Waals surface area contributed by atoms with Crippen molar-refractivity contribution < 1.29 is 13.6 Å². The second-order valence-corrected chi connectivity index (χ2v) is 6.77. The summed E-state index contributed by atoms with van der Waals surface area (Å²) in [4.78, 5) is 16.5. The molecule has 2 aromatic rings. The van der Waals surface area contributed by atoms with Gasteiger partial charge < -0.3 is 10.6 Å². The minimum absolute atomic E-state index is 0.127. The quantitative estimate of drug-likeness (QED) is 0.840. The van der Waals surface area contributed by atoms with Crippen molar-refractivity contribution in [3.05, 3.63) is 35.7 Å². The fraction of sp³-hybridized carbons (Fsp3) is 0.500. The van der Waals surface area contributed by atoms with Crippen molar-refractivity contribution in [1.29, 1.82) is 0 Å². The highest BCUT2D eigenvalue weighted by Gasteiger charge is 2.34. The summed E-state index contributed by atoms with van der Waals surface area (Å²) in [5.41, 5.74) is 1.81. The zero-order valence-electron chi connectivity index (χ0n) is 15.0. The highest BCUT2D eigenvalue weighted by Crippen LogP contribution is 2.30. The number of halogens is 2. The monoisotopic (exact) mass is 363 g/mol. The van der Waals surface area contributed by atoms with E-state index in [1.165, 1.54) is 5.56 Å². The van der Waals surface area contributed by atoms with Crippen LogP contribution in [0.5, 0.6) is 0 Å². The van der Waals surface area contributed by atoms with E-state index in [0.29, 0.717) is 11.6 Å². The molecule has 26 heavy (non-hydrogen) atoms. The number of alkyl halides is 2. The van der Waals surface area contributed by atoms with Crippen LogP contribution in [0, 0.1) is 0 Å². The van der Waals surface area contributed by atoms with E-state index in [9.17, 15) is 13.6 Å². The Morgan fingerprint density at radius 2 is 2.08 bits per heavy atom. The van der Waals surface area contributed by atoms with Gasteiger partial charge in [0.2, 0.25) is 11.8 Å². The Morgan fingerprint density at radius 1 is 1.38 bits per heavy atom. The van der Waals surface area contributed by atoms with Crippen LogP contribution in [0.2, 0.25) is 0 Å². The number of nitrogens with one attached hydrogen (secondary N) is 2. The predicted octanol–water partition coefficient (Wildman–Crippen LogP) is 4.05. The van der Waals surface area contributed by atoms with Crippen molar-refractivity contribution >= 4 is 17.5 Å². The third-order valence-electron chi connectivity index (χ3n) is 4.76. The summed E-state index contributed by atoms with van der Waals surface area (Å²) in [5.74, 6) is -0.00383. The van der Waals surface area contributed by atoms with Crippen LogP contribution in [0.15, 0.2) is 24.3 Å². The maximum atomic E-state index is 13.2. The third-order valence-corrected chi connectivity index (χ3v) is 4.76. The Bertz CT molecular complexity index is 774. The molecule has 2 N–H and O–H groups in total. The molecule has 1 aliphatic heterocycles. The fourth-order valence-electron chi connectivity index (χ4n) is 3.02. The first-order valence-electron chi connectivity index (χ1n) is 8.81. The smallest absolute Gasteiger partial charge is 0.295 e. The number of rotatable bonds is 5. The van der Waals surface area contributed by atoms with Crippen LogP contribution < -0.4 is 10.6 Å². The van der Waals surface area contributed by atoms with E-state index in [2.05, 4.69) is 34.6 Å². The number of hydrogen-bond acceptors (Lipinski definition) is 4. The van der Waals surface area contributed by atoms with Crippen LogP contribution in [-0.4, -0.2) is 33.1 Å². The van der Waals surface area contributed by atoms with Crippen LogP contribution in [0.25, 0.3) is 0 Å². The second kappa shape index (κ2) is 7.39. The van der Waals surface area contributed by atoms with Crippen molar-refractivity contribution in [2.75, 3.05) is 10.6 Å². The van der Waals surface area contributed by atoms with Gasteiger partial charge in [0.05, 0.1) is 0 Å². The Morgan fingerprint density at radius 3 is 2.69 bits per heavy atom. The largest absolute Gasteiger partial charge is 0.352 e. The molecule has 3 unspecified atom stereocenters. The first kappa shape index (κ1) is 18.3. The molecule has 0 spiro atoms. The van der Waals surface area contributed by atoms with Crippen molar-refractivity contribution in [2.24, 2.45) is 0 Å². The summed E-state index contributed by atoms with van der Waals surface area (Å²) in [5, 5.41) is 9.69. The van der Waals surface area contributed by atoms with Crippen LogP contribution in [-0.2, 0) is 0 Å². The van der Waals surface area contributed by atoms with Crippen LogP contribution >= 0.6 is 0 Å². The number of aromatic nitrogens is 3. The van der Waals surface area contributed by atoms with Crippen LogP contribution in [0.1, 0.15) is 61.8 Å². The van der Waals surface area contributed by atoms with E-state index in [1.807, 2.05) is 24.3 Å². The van der Waals surface area contributed by atoms with Gasteiger partial charge in [-0.1, -0.05) is 26.0 Å². The van der Waals surface area contributed by atoms with Gasteiger partial charge in [0.15, 0.2) is 0 Å². The summed E-state index contributed by atoms with van der Waals surface area (Å²) in [7, 11) is 0. The van der Waals surface area contributed by atoms with E-state index < -0.39 is 18.4 Å². The van der Waals surface area contributed by atoms with E-state index >= 15 is 0 Å². The number of nitrogens with zero attached hydrogens (tertiary/aromatic N) is 3. The van der Waals surface area contributed by atoms with Gasteiger partial charge in [-0.2, -0.15) is 4.98 Å². The number of amides is 1. The maximum Gasteiger partial charge on any atom is 0.295 e.